The van der Waals surface area contributed by atoms with Crippen LogP contribution >= 0.6 is 15.6 Å². The number of carbonyl (C=O) groups excluding carboxylic acids is 1. The molecule has 180 valence electrons. The van der Waals surface area contributed by atoms with Gasteiger partial charge in [-0.3, -0.25) is 4.52 Å². The van der Waals surface area contributed by atoms with Crippen LogP contribution in [0.5, 0.6) is 5.75 Å². The monoisotopic (exact) mass is 524 g/mol. The van der Waals surface area contributed by atoms with Gasteiger partial charge in [-0.2, -0.15) is 0 Å². The maximum absolute atomic E-state index is 12.5. The quantitative estimate of drug-likeness (QED) is 0.317. The van der Waals surface area contributed by atoms with Crippen molar-refractivity contribution in [1.82, 2.24) is 0 Å². The molecule has 1 aromatic rings. The van der Waals surface area contributed by atoms with Gasteiger partial charge in [-0.1, -0.05) is 41.5 Å². The first-order valence-corrected chi connectivity index (χ1v) is 12.0. The predicted octanol–water partition coefficient (Wildman–Crippen LogP) is 3.63. The molecule has 0 radical (unpaired) electrons. The number of carbonyl (C=O) groups is 1. The van der Waals surface area contributed by atoms with Gasteiger partial charge in [-0.05, 0) is 46.6 Å². The second-order valence-corrected chi connectivity index (χ2v) is 11.4. The molecule has 0 spiro atoms. The Morgan fingerprint density at radius 1 is 1.03 bits per heavy atom. The van der Waals surface area contributed by atoms with Gasteiger partial charge in [0.2, 0.25) is 0 Å². The van der Waals surface area contributed by atoms with E-state index >= 15 is 0 Å². The molecule has 0 aromatic heterocycles. The third kappa shape index (κ3) is 9.62. The average Bonchev–Trinajstić information content (AvgIpc) is 2.49. The zero-order valence-electron chi connectivity index (χ0n) is 18.4. The Morgan fingerprint density at radius 2 is 1.48 bits per heavy atom. The Bertz CT molecular complexity index is 832. The zero-order valence-corrected chi connectivity index (χ0v) is 21.2. The molecule has 1 rings (SSSR count). The molecule has 0 saturated carbocycles. The van der Waals surface area contributed by atoms with E-state index in [9.17, 15) is 28.8 Å². The SMILES string of the molecule is CCOC(=O)OP(=O)(OCc1cc(C(C)(C)C)c(O)c(C(C)(C)C)c1)OP(=O)([O-])[O-].[Ni+2]. The second-order valence-electron chi connectivity index (χ2n) is 8.56. The number of phosphoric acid groups is 2. The Balaban J connectivity index is 0.00000900. The fraction of sp³-hybridized carbons (Fsp3) is 0.611. The van der Waals surface area contributed by atoms with Gasteiger partial charge >= 0.3 is 30.5 Å². The minimum absolute atomic E-state index is 0. The van der Waals surface area contributed by atoms with Crippen molar-refractivity contribution < 1.29 is 63.4 Å². The van der Waals surface area contributed by atoms with Crippen LogP contribution in [0.15, 0.2) is 12.1 Å². The van der Waals surface area contributed by atoms with Gasteiger partial charge in [0, 0.05) is 0 Å². The van der Waals surface area contributed by atoms with Crippen molar-refractivity contribution in [3.63, 3.8) is 0 Å². The van der Waals surface area contributed by atoms with Gasteiger partial charge in [0.1, 0.15) is 5.75 Å². The van der Waals surface area contributed by atoms with Crippen molar-refractivity contribution >= 4 is 21.8 Å². The van der Waals surface area contributed by atoms with Crippen LogP contribution in [-0.2, 0) is 61.2 Å². The molecule has 0 bridgehead atoms. The van der Waals surface area contributed by atoms with E-state index in [-0.39, 0.29) is 28.8 Å². The van der Waals surface area contributed by atoms with Gasteiger partial charge in [0.15, 0.2) is 0 Å². The van der Waals surface area contributed by atoms with Crippen LogP contribution in [-0.4, -0.2) is 17.9 Å². The number of aromatic hydroxyl groups is 1. The molecule has 1 N–H and O–H groups in total. The van der Waals surface area contributed by atoms with Crippen molar-refractivity contribution in [2.45, 2.75) is 65.9 Å². The number of ether oxygens (including phenoxy) is 1. The maximum Gasteiger partial charge on any atom is 2.00 e. The number of phosphoric ester groups is 1. The number of rotatable bonds is 7. The summed E-state index contributed by atoms with van der Waals surface area (Å²) in [5.74, 6) is 0.0876. The molecule has 0 fully saturated rings. The maximum atomic E-state index is 12.5. The van der Waals surface area contributed by atoms with E-state index in [2.05, 4.69) is 13.6 Å². The predicted molar refractivity (Wildman–Crippen MR) is 105 cm³/mol. The van der Waals surface area contributed by atoms with Gasteiger partial charge in [0.05, 0.1) is 21.0 Å². The summed E-state index contributed by atoms with van der Waals surface area (Å²) < 4.78 is 41.1. The second kappa shape index (κ2) is 10.8. The molecule has 0 aliphatic heterocycles. The van der Waals surface area contributed by atoms with Crippen LogP contribution in [0.2, 0.25) is 0 Å². The van der Waals surface area contributed by atoms with Crippen LogP contribution in [0.3, 0.4) is 0 Å². The number of hydrogen-bond acceptors (Lipinski definition) is 10. The Morgan fingerprint density at radius 3 is 1.84 bits per heavy atom. The molecule has 0 aliphatic rings. The van der Waals surface area contributed by atoms with Crippen molar-refractivity contribution in [2.24, 2.45) is 0 Å². The van der Waals surface area contributed by atoms with E-state index in [0.717, 1.165) is 0 Å². The van der Waals surface area contributed by atoms with Gasteiger partial charge in [-0.15, -0.1) is 0 Å². The summed E-state index contributed by atoms with van der Waals surface area (Å²) in [6, 6.07) is 3.15. The number of benzene rings is 1. The van der Waals surface area contributed by atoms with Crippen LogP contribution in [0.4, 0.5) is 4.79 Å². The van der Waals surface area contributed by atoms with E-state index < -0.39 is 39.2 Å². The van der Waals surface area contributed by atoms with E-state index in [1.807, 2.05) is 41.5 Å². The van der Waals surface area contributed by atoms with E-state index in [1.165, 1.54) is 6.92 Å². The third-order valence-corrected chi connectivity index (χ3v) is 6.24. The largest absolute Gasteiger partial charge is 2.00 e. The summed E-state index contributed by atoms with van der Waals surface area (Å²) in [4.78, 5) is 33.4. The van der Waals surface area contributed by atoms with Crippen LogP contribution < -0.4 is 9.79 Å². The van der Waals surface area contributed by atoms with E-state index in [0.29, 0.717) is 16.7 Å². The minimum atomic E-state index is -5.82. The van der Waals surface area contributed by atoms with Gasteiger partial charge in [-0.25, -0.2) is 13.7 Å². The summed E-state index contributed by atoms with van der Waals surface area (Å²) in [5, 5.41) is 10.7. The first kappa shape index (κ1) is 30.1. The fourth-order valence-corrected chi connectivity index (χ4v) is 4.40. The smallest absolute Gasteiger partial charge is 0.789 e. The van der Waals surface area contributed by atoms with Crippen molar-refractivity contribution in [3.05, 3.63) is 28.8 Å². The molecule has 1 unspecified atom stereocenters. The van der Waals surface area contributed by atoms with Crippen molar-refractivity contribution in [1.29, 1.82) is 0 Å². The van der Waals surface area contributed by atoms with Crippen LogP contribution in [0.1, 0.15) is 65.2 Å². The molecule has 1 atom stereocenters. The normalized spacial score (nSPS) is 14.4. The van der Waals surface area contributed by atoms with Crippen LogP contribution in [0.25, 0.3) is 0 Å². The summed E-state index contributed by atoms with van der Waals surface area (Å²) in [5.41, 5.74) is 0.566. The molecular formula is C18H28NiO10P2. The fourth-order valence-electron chi connectivity index (χ4n) is 2.50. The van der Waals surface area contributed by atoms with Gasteiger partial charge < -0.3 is 28.7 Å². The molecular weight excluding hydrogens is 497 g/mol. The summed E-state index contributed by atoms with van der Waals surface area (Å²) in [6.07, 6.45) is -1.52. The summed E-state index contributed by atoms with van der Waals surface area (Å²) in [6.45, 7) is 12.0. The Hall–Kier alpha value is -0.916. The van der Waals surface area contributed by atoms with E-state index in [1.54, 1.807) is 12.1 Å². The third-order valence-electron chi connectivity index (χ3n) is 3.82. The minimum Gasteiger partial charge on any atom is -0.789 e. The van der Waals surface area contributed by atoms with E-state index in [4.69, 9.17) is 4.52 Å². The van der Waals surface area contributed by atoms with Crippen molar-refractivity contribution in [2.75, 3.05) is 6.61 Å². The first-order valence-electron chi connectivity index (χ1n) is 9.09. The molecule has 13 heteroatoms. The topological polar surface area (TPSA) is 154 Å². The van der Waals surface area contributed by atoms with Crippen molar-refractivity contribution in [3.8, 4) is 5.75 Å². The average molecular weight is 525 g/mol. The standard InChI is InChI=1S/C18H30O10P2.Ni/c1-8-25-16(20)27-30(24,28-29(21,22)23)26-11-12-9-13(17(2,3)4)15(19)14(10-12)18(5,6)7;/h9-10,19H,8,11H2,1-7H3,(H2,21,22,23);/q;+2/p-2. The number of phenols is 1. The first-order chi connectivity index (χ1) is 13.4. The molecule has 0 heterocycles. The molecule has 0 saturated heterocycles. The number of phenolic OH excluding ortho intramolecular Hbond substituents is 1. The summed E-state index contributed by atoms with van der Waals surface area (Å²) in [7, 11) is -11.0. The zero-order chi connectivity index (χ0) is 23.5. The molecule has 10 nitrogen and oxygen atoms in total. The number of hydrogen-bond donors (Lipinski definition) is 1. The van der Waals surface area contributed by atoms with Gasteiger partial charge in [0.25, 0.3) is 0 Å². The van der Waals surface area contributed by atoms with Crippen LogP contribution in [0, 0.1) is 0 Å². The summed E-state index contributed by atoms with van der Waals surface area (Å²) >= 11 is 0. The molecule has 0 amide bonds. The Kier molecular flexibility index (Phi) is 10.5. The molecule has 1 aromatic carbocycles. The molecule has 0 aliphatic carbocycles. The Labute approximate surface area is 192 Å². The molecule has 31 heavy (non-hydrogen) atoms.